The average molecular weight is 283 g/mol. The molecule has 1 aromatic rings. The molecule has 2 atom stereocenters. The lowest BCUT2D eigenvalue weighted by atomic mass is 9.98. The van der Waals surface area contributed by atoms with Crippen LogP contribution in [0.5, 0.6) is 5.75 Å². The van der Waals surface area contributed by atoms with E-state index >= 15 is 0 Å². The van der Waals surface area contributed by atoms with Crippen molar-refractivity contribution in [3.05, 3.63) is 27.8 Å². The second kappa shape index (κ2) is 6.15. The average Bonchev–Trinajstić information content (AvgIpc) is 3.07. The SMILES string of the molecule is CCCOc1c(C)cc(Cl)c(C)c1CCC1OC1C. The molecule has 0 bridgehead atoms. The maximum absolute atomic E-state index is 6.30. The molecule has 1 saturated heterocycles. The van der Waals surface area contributed by atoms with Crippen molar-refractivity contribution in [2.45, 2.75) is 59.2 Å². The molecule has 1 aromatic carbocycles. The molecule has 1 aliphatic rings. The van der Waals surface area contributed by atoms with E-state index < -0.39 is 0 Å². The van der Waals surface area contributed by atoms with E-state index in [-0.39, 0.29) is 0 Å². The topological polar surface area (TPSA) is 21.8 Å². The van der Waals surface area contributed by atoms with E-state index in [0.29, 0.717) is 12.2 Å². The Balaban J connectivity index is 2.20. The quantitative estimate of drug-likeness (QED) is 0.718. The number of epoxide rings is 1. The maximum atomic E-state index is 6.30. The predicted octanol–water partition coefficient (Wildman–Crippen LogP) is 4.47. The van der Waals surface area contributed by atoms with Gasteiger partial charge in [-0.05, 0) is 62.8 Å². The lowest BCUT2D eigenvalue weighted by Crippen LogP contribution is -2.05. The van der Waals surface area contributed by atoms with E-state index in [1.165, 1.54) is 5.56 Å². The highest BCUT2D eigenvalue weighted by molar-refractivity contribution is 6.31. The Hall–Kier alpha value is -0.730. The summed E-state index contributed by atoms with van der Waals surface area (Å²) >= 11 is 6.30. The van der Waals surface area contributed by atoms with Crippen molar-refractivity contribution >= 4 is 11.6 Å². The number of benzene rings is 1. The molecule has 106 valence electrons. The van der Waals surface area contributed by atoms with Crippen molar-refractivity contribution < 1.29 is 9.47 Å². The van der Waals surface area contributed by atoms with Gasteiger partial charge in [0.15, 0.2) is 0 Å². The van der Waals surface area contributed by atoms with E-state index in [9.17, 15) is 0 Å². The summed E-state index contributed by atoms with van der Waals surface area (Å²) in [6.07, 6.45) is 3.87. The first-order valence-corrected chi connectivity index (χ1v) is 7.49. The first kappa shape index (κ1) is 14.7. The van der Waals surface area contributed by atoms with Crippen molar-refractivity contribution in [1.82, 2.24) is 0 Å². The summed E-state index contributed by atoms with van der Waals surface area (Å²) in [5.41, 5.74) is 3.52. The number of rotatable bonds is 6. The van der Waals surface area contributed by atoms with Crippen LogP contribution in [0.15, 0.2) is 6.07 Å². The highest BCUT2D eigenvalue weighted by Gasteiger charge is 2.33. The van der Waals surface area contributed by atoms with Gasteiger partial charge in [0.25, 0.3) is 0 Å². The third-order valence-electron chi connectivity index (χ3n) is 3.75. The molecule has 0 aliphatic carbocycles. The minimum absolute atomic E-state index is 0.415. The van der Waals surface area contributed by atoms with Crippen LogP contribution in [-0.2, 0) is 11.2 Å². The summed E-state index contributed by atoms with van der Waals surface area (Å²) in [4.78, 5) is 0. The first-order valence-electron chi connectivity index (χ1n) is 7.11. The van der Waals surface area contributed by atoms with Crippen molar-refractivity contribution in [3.8, 4) is 5.75 Å². The lowest BCUT2D eigenvalue weighted by molar-refractivity contribution is 0.310. The van der Waals surface area contributed by atoms with E-state index in [1.807, 2.05) is 6.07 Å². The van der Waals surface area contributed by atoms with Gasteiger partial charge in [-0.1, -0.05) is 18.5 Å². The minimum atomic E-state index is 0.415. The lowest BCUT2D eigenvalue weighted by Gasteiger charge is -2.17. The van der Waals surface area contributed by atoms with Crippen LogP contribution < -0.4 is 4.74 Å². The Morgan fingerprint density at radius 2 is 2.05 bits per heavy atom. The fraction of sp³-hybridized carbons (Fsp3) is 0.625. The zero-order valence-electron chi connectivity index (χ0n) is 12.3. The number of halogens is 1. The van der Waals surface area contributed by atoms with Crippen molar-refractivity contribution in [2.75, 3.05) is 6.61 Å². The highest BCUT2D eigenvalue weighted by Crippen LogP contribution is 2.35. The third-order valence-corrected chi connectivity index (χ3v) is 4.14. The van der Waals surface area contributed by atoms with Crippen LogP contribution in [0.4, 0.5) is 0 Å². The molecule has 0 amide bonds. The second-order valence-electron chi connectivity index (χ2n) is 5.37. The molecule has 0 spiro atoms. The summed E-state index contributed by atoms with van der Waals surface area (Å²) < 4.78 is 11.4. The van der Waals surface area contributed by atoms with E-state index in [4.69, 9.17) is 21.1 Å². The number of hydrogen-bond acceptors (Lipinski definition) is 2. The molecule has 2 unspecified atom stereocenters. The van der Waals surface area contributed by atoms with E-state index in [2.05, 4.69) is 27.7 Å². The van der Waals surface area contributed by atoms with E-state index in [1.54, 1.807) is 0 Å². The fourth-order valence-corrected chi connectivity index (χ4v) is 2.72. The molecule has 1 aliphatic heterocycles. The summed E-state index contributed by atoms with van der Waals surface area (Å²) in [5, 5.41) is 0.834. The largest absolute Gasteiger partial charge is 0.493 e. The molecule has 0 radical (unpaired) electrons. The van der Waals surface area contributed by atoms with Gasteiger partial charge in [0.1, 0.15) is 5.75 Å². The van der Waals surface area contributed by atoms with Crippen molar-refractivity contribution in [3.63, 3.8) is 0 Å². The van der Waals surface area contributed by atoms with Gasteiger partial charge in [0, 0.05) is 5.02 Å². The molecule has 3 heteroatoms. The molecule has 1 fully saturated rings. The molecule has 2 nitrogen and oxygen atoms in total. The number of aryl methyl sites for hydroxylation is 1. The van der Waals surface area contributed by atoms with Gasteiger partial charge in [-0.2, -0.15) is 0 Å². The molecule has 19 heavy (non-hydrogen) atoms. The molecule has 0 saturated carbocycles. The van der Waals surface area contributed by atoms with Crippen LogP contribution in [0.25, 0.3) is 0 Å². The summed E-state index contributed by atoms with van der Waals surface area (Å²) in [7, 11) is 0. The minimum Gasteiger partial charge on any atom is -0.493 e. The van der Waals surface area contributed by atoms with Crippen molar-refractivity contribution in [2.24, 2.45) is 0 Å². The van der Waals surface area contributed by atoms with Gasteiger partial charge in [-0.25, -0.2) is 0 Å². The summed E-state index contributed by atoms with van der Waals surface area (Å²) in [5.74, 6) is 1.03. The third kappa shape index (κ3) is 3.43. The van der Waals surface area contributed by atoms with Crippen LogP contribution in [0.3, 0.4) is 0 Å². The van der Waals surface area contributed by atoms with Crippen LogP contribution in [0.1, 0.15) is 43.4 Å². The van der Waals surface area contributed by atoms with Gasteiger partial charge < -0.3 is 9.47 Å². The highest BCUT2D eigenvalue weighted by atomic mass is 35.5. The molecule has 0 aromatic heterocycles. The summed E-state index contributed by atoms with van der Waals surface area (Å²) in [6.45, 7) is 9.14. The van der Waals surface area contributed by atoms with Gasteiger partial charge in [0.2, 0.25) is 0 Å². The Morgan fingerprint density at radius 3 is 2.63 bits per heavy atom. The molecule has 1 heterocycles. The fourth-order valence-electron chi connectivity index (χ4n) is 2.44. The van der Waals surface area contributed by atoms with Gasteiger partial charge >= 0.3 is 0 Å². The standard InChI is InChI=1S/C16H23ClO2/c1-5-8-18-16-10(2)9-14(17)11(3)13(16)6-7-15-12(4)19-15/h9,12,15H,5-8H2,1-4H3. The first-order chi connectivity index (χ1) is 9.04. The molecule has 0 N–H and O–H groups in total. The number of ether oxygens (including phenoxy) is 2. The zero-order chi connectivity index (χ0) is 14.0. The van der Waals surface area contributed by atoms with Crippen LogP contribution in [0.2, 0.25) is 5.02 Å². The van der Waals surface area contributed by atoms with Crippen LogP contribution in [-0.4, -0.2) is 18.8 Å². The molecule has 2 rings (SSSR count). The van der Waals surface area contributed by atoms with Crippen LogP contribution in [0, 0.1) is 13.8 Å². The van der Waals surface area contributed by atoms with Gasteiger partial charge in [-0.3, -0.25) is 0 Å². The Bertz CT molecular complexity index is 457. The van der Waals surface area contributed by atoms with E-state index in [0.717, 1.165) is 47.8 Å². The second-order valence-corrected chi connectivity index (χ2v) is 5.78. The number of hydrogen-bond donors (Lipinski definition) is 0. The van der Waals surface area contributed by atoms with Crippen molar-refractivity contribution in [1.29, 1.82) is 0 Å². The Kier molecular flexibility index (Phi) is 4.75. The Morgan fingerprint density at radius 1 is 1.37 bits per heavy atom. The zero-order valence-corrected chi connectivity index (χ0v) is 13.0. The summed E-state index contributed by atoms with van der Waals surface area (Å²) in [6, 6.07) is 2.00. The van der Waals surface area contributed by atoms with Crippen LogP contribution >= 0.6 is 11.6 Å². The maximum Gasteiger partial charge on any atom is 0.125 e. The van der Waals surface area contributed by atoms with Gasteiger partial charge in [-0.15, -0.1) is 0 Å². The Labute approximate surface area is 121 Å². The smallest absolute Gasteiger partial charge is 0.125 e. The van der Waals surface area contributed by atoms with Gasteiger partial charge in [0.05, 0.1) is 18.8 Å². The molecular weight excluding hydrogens is 260 g/mol. The molecular formula is C16H23ClO2. The predicted molar refractivity (Wildman–Crippen MR) is 79.4 cm³/mol. The monoisotopic (exact) mass is 282 g/mol. The normalized spacial score (nSPS) is 21.5.